The van der Waals surface area contributed by atoms with Gasteiger partial charge in [-0.2, -0.15) is 0 Å². The van der Waals surface area contributed by atoms with E-state index < -0.39 is 11.0 Å². The van der Waals surface area contributed by atoms with E-state index in [4.69, 9.17) is 5.73 Å². The molecule has 0 aliphatic rings. The molecule has 0 aliphatic heterocycles. The molecule has 2 aromatic carbocycles. The Bertz CT molecular complexity index is 1320. The molecule has 12 heteroatoms. The summed E-state index contributed by atoms with van der Waals surface area (Å²) < 4.78 is 1.65. The fourth-order valence-corrected chi connectivity index (χ4v) is 5.20. The van der Waals surface area contributed by atoms with E-state index in [-0.39, 0.29) is 17.5 Å². The topological polar surface area (TPSA) is 142 Å². The van der Waals surface area contributed by atoms with Crippen molar-refractivity contribution in [2.75, 3.05) is 16.8 Å². The van der Waals surface area contributed by atoms with Gasteiger partial charge in [0.2, 0.25) is 11.9 Å². The summed E-state index contributed by atoms with van der Waals surface area (Å²) in [5.74, 6) is 0.647. The number of nitro groups is 1. The number of thioether (sulfide) groups is 1. The van der Waals surface area contributed by atoms with Gasteiger partial charge in [0, 0.05) is 28.8 Å². The zero-order valence-electron chi connectivity index (χ0n) is 18.8. The lowest BCUT2D eigenvalue weighted by atomic mass is 10.1. The van der Waals surface area contributed by atoms with E-state index in [1.807, 2.05) is 25.1 Å². The first-order valence-corrected chi connectivity index (χ1v) is 12.7. The van der Waals surface area contributed by atoms with Crippen LogP contribution in [0.2, 0.25) is 0 Å². The van der Waals surface area contributed by atoms with Crippen LogP contribution in [0.25, 0.3) is 11.3 Å². The Morgan fingerprint density at radius 2 is 2.03 bits per heavy atom. The van der Waals surface area contributed by atoms with E-state index in [1.54, 1.807) is 22.1 Å². The van der Waals surface area contributed by atoms with Gasteiger partial charge < -0.3 is 11.1 Å². The summed E-state index contributed by atoms with van der Waals surface area (Å²) in [4.78, 5) is 28.2. The van der Waals surface area contributed by atoms with Gasteiger partial charge in [0.15, 0.2) is 10.3 Å². The smallest absolute Gasteiger partial charge is 0.270 e. The zero-order chi connectivity index (χ0) is 24.8. The van der Waals surface area contributed by atoms with Gasteiger partial charge >= 0.3 is 0 Å². The van der Waals surface area contributed by atoms with Gasteiger partial charge in [-0.25, -0.2) is 4.98 Å². The second-order valence-corrected chi connectivity index (χ2v) is 9.47. The highest BCUT2D eigenvalue weighted by Gasteiger charge is 2.26. The Balaban J connectivity index is 1.45. The van der Waals surface area contributed by atoms with Crippen LogP contribution in [0.1, 0.15) is 24.9 Å². The largest absolute Gasteiger partial charge is 0.368 e. The van der Waals surface area contributed by atoms with E-state index in [0.29, 0.717) is 28.0 Å². The maximum atomic E-state index is 13.2. The number of carbonyl (C=O) groups excluding carboxylic acids is 1. The second kappa shape index (κ2) is 11.1. The van der Waals surface area contributed by atoms with Crippen LogP contribution in [0.4, 0.5) is 16.8 Å². The van der Waals surface area contributed by atoms with Crippen molar-refractivity contribution in [3.05, 3.63) is 75.7 Å². The number of nitrogens with one attached hydrogen (secondary N) is 1. The molecule has 10 nitrogen and oxygen atoms in total. The van der Waals surface area contributed by atoms with Gasteiger partial charge in [0.05, 0.1) is 10.6 Å². The molecule has 0 spiro atoms. The van der Waals surface area contributed by atoms with Crippen LogP contribution in [-0.2, 0) is 11.2 Å². The van der Waals surface area contributed by atoms with Crippen LogP contribution in [-0.4, -0.2) is 36.3 Å². The highest BCUT2D eigenvalue weighted by atomic mass is 32.2. The predicted molar refractivity (Wildman–Crippen MR) is 137 cm³/mol. The summed E-state index contributed by atoms with van der Waals surface area (Å²) in [5, 5.41) is 24.8. The third kappa shape index (κ3) is 5.84. The van der Waals surface area contributed by atoms with Crippen LogP contribution in [0.3, 0.4) is 0 Å². The molecule has 1 amide bonds. The standard InChI is InChI=1S/C23H23N7O3S2/c1-2-19(29-21(24)27-28-23(29)34-12-11-15-7-4-3-5-8-15)20(31)26-22-25-18(14-35-22)16-9-6-10-17(13-16)30(32)33/h3-10,13-14,19H,2,11-12H2,1H3,(H2,24,27)(H,25,26,31). The summed E-state index contributed by atoms with van der Waals surface area (Å²) in [5.41, 5.74) is 8.42. The van der Waals surface area contributed by atoms with Crippen LogP contribution in [0, 0.1) is 10.1 Å². The highest BCUT2D eigenvalue weighted by molar-refractivity contribution is 7.99. The Hall–Kier alpha value is -3.77. The quantitative estimate of drug-likeness (QED) is 0.176. The molecular weight excluding hydrogens is 486 g/mol. The lowest BCUT2D eigenvalue weighted by molar-refractivity contribution is -0.384. The molecule has 3 N–H and O–H groups in total. The number of nitro benzene ring substituents is 1. The predicted octanol–water partition coefficient (Wildman–Crippen LogP) is 4.82. The van der Waals surface area contributed by atoms with Crippen molar-refractivity contribution < 1.29 is 9.72 Å². The molecule has 2 heterocycles. The summed E-state index contributed by atoms with van der Waals surface area (Å²) in [7, 11) is 0. The van der Waals surface area contributed by atoms with Crippen molar-refractivity contribution in [3.8, 4) is 11.3 Å². The van der Waals surface area contributed by atoms with Crippen LogP contribution >= 0.6 is 23.1 Å². The van der Waals surface area contributed by atoms with Gasteiger partial charge in [-0.3, -0.25) is 19.5 Å². The maximum Gasteiger partial charge on any atom is 0.270 e. The third-order valence-electron chi connectivity index (χ3n) is 5.24. The number of non-ortho nitro benzene ring substituents is 1. The number of thiazole rings is 1. The van der Waals surface area contributed by atoms with Gasteiger partial charge in [-0.05, 0) is 18.4 Å². The highest BCUT2D eigenvalue weighted by Crippen LogP contribution is 2.30. The van der Waals surface area contributed by atoms with Gasteiger partial charge in [-0.1, -0.05) is 61.2 Å². The number of aryl methyl sites for hydroxylation is 1. The molecule has 0 radical (unpaired) electrons. The average Bonchev–Trinajstić information content (AvgIpc) is 3.47. The first kappa shape index (κ1) is 24.4. The number of nitrogen functional groups attached to an aromatic ring is 1. The number of benzene rings is 2. The number of nitrogens with zero attached hydrogens (tertiary/aromatic N) is 5. The number of anilines is 2. The number of hydrogen-bond donors (Lipinski definition) is 2. The molecule has 0 aliphatic carbocycles. The summed E-state index contributed by atoms with van der Waals surface area (Å²) in [6.45, 7) is 1.89. The molecule has 4 aromatic rings. The molecule has 1 unspecified atom stereocenters. The summed E-state index contributed by atoms with van der Waals surface area (Å²) in [6, 6.07) is 15.7. The molecule has 2 aromatic heterocycles. The van der Waals surface area contributed by atoms with Gasteiger partial charge in [-0.15, -0.1) is 21.5 Å². The minimum absolute atomic E-state index is 0.0208. The molecule has 0 saturated carbocycles. The van der Waals surface area contributed by atoms with Crippen molar-refractivity contribution in [1.82, 2.24) is 19.7 Å². The van der Waals surface area contributed by atoms with E-state index in [0.717, 1.165) is 12.2 Å². The summed E-state index contributed by atoms with van der Waals surface area (Å²) in [6.07, 6.45) is 1.32. The van der Waals surface area contributed by atoms with Crippen molar-refractivity contribution in [2.24, 2.45) is 0 Å². The second-order valence-electron chi connectivity index (χ2n) is 7.55. The monoisotopic (exact) mass is 509 g/mol. The van der Waals surface area contributed by atoms with Crippen molar-refractivity contribution in [2.45, 2.75) is 31.0 Å². The number of nitrogens with two attached hydrogens (primary N) is 1. The Labute approximate surface area is 209 Å². The summed E-state index contributed by atoms with van der Waals surface area (Å²) >= 11 is 2.74. The van der Waals surface area contributed by atoms with E-state index >= 15 is 0 Å². The van der Waals surface area contributed by atoms with Crippen molar-refractivity contribution >= 4 is 45.8 Å². The minimum atomic E-state index is -0.616. The Morgan fingerprint density at radius 3 is 2.77 bits per heavy atom. The fourth-order valence-electron chi connectivity index (χ4n) is 3.50. The zero-order valence-corrected chi connectivity index (χ0v) is 20.5. The average molecular weight is 510 g/mol. The molecule has 0 fully saturated rings. The normalized spacial score (nSPS) is 11.8. The molecule has 180 valence electrons. The Kier molecular flexibility index (Phi) is 7.73. The van der Waals surface area contributed by atoms with Crippen LogP contribution in [0.5, 0.6) is 0 Å². The first-order chi connectivity index (χ1) is 17.0. The number of carbonyl (C=O) groups is 1. The lowest BCUT2D eigenvalue weighted by Gasteiger charge is -2.18. The van der Waals surface area contributed by atoms with Crippen molar-refractivity contribution in [1.29, 1.82) is 0 Å². The first-order valence-electron chi connectivity index (χ1n) is 10.8. The van der Waals surface area contributed by atoms with Crippen LogP contribution < -0.4 is 11.1 Å². The fraction of sp³-hybridized carbons (Fsp3) is 0.217. The SMILES string of the molecule is CCC(C(=O)Nc1nc(-c2cccc([N+](=O)[O-])c2)cs1)n1c(N)nnc1SCCc1ccccc1. The molecule has 0 bridgehead atoms. The number of aromatic nitrogens is 4. The van der Waals surface area contributed by atoms with E-state index in [1.165, 1.54) is 40.8 Å². The van der Waals surface area contributed by atoms with Gasteiger partial charge in [0.1, 0.15) is 6.04 Å². The molecule has 35 heavy (non-hydrogen) atoms. The molecular formula is C23H23N7O3S2. The minimum Gasteiger partial charge on any atom is -0.368 e. The van der Waals surface area contributed by atoms with Crippen molar-refractivity contribution in [3.63, 3.8) is 0 Å². The molecule has 4 rings (SSSR count). The van der Waals surface area contributed by atoms with E-state index in [9.17, 15) is 14.9 Å². The molecule has 1 atom stereocenters. The lowest BCUT2D eigenvalue weighted by Crippen LogP contribution is -2.27. The third-order valence-corrected chi connectivity index (χ3v) is 6.95. The number of rotatable bonds is 10. The van der Waals surface area contributed by atoms with Gasteiger partial charge in [0.25, 0.3) is 5.69 Å². The Morgan fingerprint density at radius 1 is 1.23 bits per heavy atom. The maximum absolute atomic E-state index is 13.2. The van der Waals surface area contributed by atoms with Crippen LogP contribution in [0.15, 0.2) is 65.1 Å². The number of hydrogen-bond acceptors (Lipinski definition) is 9. The molecule has 0 saturated heterocycles. The van der Waals surface area contributed by atoms with E-state index in [2.05, 4.69) is 32.6 Å². The number of amides is 1.